The number of amides is 1. The Morgan fingerprint density at radius 2 is 1.68 bits per heavy atom. The highest BCUT2D eigenvalue weighted by Crippen LogP contribution is 2.15. The van der Waals surface area contributed by atoms with Crippen LogP contribution in [0.15, 0.2) is 42.5 Å². The van der Waals surface area contributed by atoms with Gasteiger partial charge in [-0.05, 0) is 35.6 Å². The Hall–Kier alpha value is -2.36. The highest BCUT2D eigenvalue weighted by atomic mass is 16.4. The molecule has 0 bridgehead atoms. The molecule has 0 atom stereocenters. The molecule has 0 saturated carbocycles. The molecular formula is C18H21NO3. The number of hydrogen-bond acceptors (Lipinski definition) is 2. The lowest BCUT2D eigenvalue weighted by molar-refractivity contribution is -0.137. The topological polar surface area (TPSA) is 66.4 Å². The Morgan fingerprint density at radius 3 is 2.45 bits per heavy atom. The zero-order valence-corrected chi connectivity index (χ0v) is 12.5. The molecule has 2 N–H and O–H groups in total. The number of carboxylic acid groups (broad SMARTS) is 1. The quantitative estimate of drug-likeness (QED) is 0.736. The third-order valence-corrected chi connectivity index (χ3v) is 3.59. The van der Waals surface area contributed by atoms with E-state index in [1.54, 1.807) is 0 Å². The van der Waals surface area contributed by atoms with Gasteiger partial charge in [0.05, 0.1) is 0 Å². The number of rotatable bonds is 8. The summed E-state index contributed by atoms with van der Waals surface area (Å²) in [4.78, 5) is 22.0. The fourth-order valence-electron chi connectivity index (χ4n) is 2.39. The van der Waals surface area contributed by atoms with E-state index in [4.69, 9.17) is 5.11 Å². The fourth-order valence-corrected chi connectivity index (χ4v) is 2.39. The number of carboxylic acids is 1. The monoisotopic (exact) mass is 299 g/mol. The standard InChI is InChI=1S/C18H21NO3/c20-17(7-3-4-8-18(21)22)19-12-11-14-9-10-15-5-1-2-6-16(15)13-14/h1-2,5-6,9-10,13H,3-4,7-8,11-12H2,(H,19,20)(H,21,22). The van der Waals surface area contributed by atoms with Crippen molar-refractivity contribution in [2.45, 2.75) is 32.1 Å². The summed E-state index contributed by atoms with van der Waals surface area (Å²) in [6.45, 7) is 0.607. The average Bonchev–Trinajstić information content (AvgIpc) is 2.51. The third kappa shape index (κ3) is 5.20. The van der Waals surface area contributed by atoms with Crippen LogP contribution in [-0.2, 0) is 16.0 Å². The zero-order chi connectivity index (χ0) is 15.8. The van der Waals surface area contributed by atoms with Gasteiger partial charge in [-0.2, -0.15) is 0 Å². The van der Waals surface area contributed by atoms with Gasteiger partial charge in [-0.25, -0.2) is 0 Å². The summed E-state index contributed by atoms with van der Waals surface area (Å²) in [7, 11) is 0. The second-order valence-corrected chi connectivity index (χ2v) is 5.38. The van der Waals surface area contributed by atoms with Crippen molar-refractivity contribution in [3.8, 4) is 0 Å². The third-order valence-electron chi connectivity index (χ3n) is 3.59. The van der Waals surface area contributed by atoms with E-state index in [-0.39, 0.29) is 12.3 Å². The highest BCUT2D eigenvalue weighted by molar-refractivity contribution is 5.83. The van der Waals surface area contributed by atoms with Crippen molar-refractivity contribution in [1.29, 1.82) is 0 Å². The second kappa shape index (κ2) is 8.17. The van der Waals surface area contributed by atoms with E-state index in [2.05, 4.69) is 35.6 Å². The number of benzene rings is 2. The molecule has 0 aromatic heterocycles. The fraction of sp³-hybridized carbons (Fsp3) is 0.333. The molecule has 4 nitrogen and oxygen atoms in total. The van der Waals surface area contributed by atoms with Crippen LogP contribution in [0, 0.1) is 0 Å². The minimum absolute atomic E-state index is 0.00817. The molecule has 0 unspecified atom stereocenters. The SMILES string of the molecule is O=C(O)CCCCC(=O)NCCc1ccc2ccccc2c1. The van der Waals surface area contributed by atoms with Crippen molar-refractivity contribution in [1.82, 2.24) is 5.32 Å². The minimum atomic E-state index is -0.809. The van der Waals surface area contributed by atoms with Gasteiger partial charge in [0.15, 0.2) is 0 Å². The van der Waals surface area contributed by atoms with Crippen LogP contribution in [0.25, 0.3) is 10.8 Å². The molecule has 0 aliphatic heterocycles. The first-order chi connectivity index (χ1) is 10.6. The number of unbranched alkanes of at least 4 members (excludes halogenated alkanes) is 1. The molecule has 0 saturated heterocycles. The van der Waals surface area contributed by atoms with Crippen molar-refractivity contribution in [3.63, 3.8) is 0 Å². The summed E-state index contributed by atoms with van der Waals surface area (Å²) in [5, 5.41) is 13.8. The Bertz CT molecular complexity index is 652. The summed E-state index contributed by atoms with van der Waals surface area (Å²) in [5.74, 6) is -0.817. The highest BCUT2D eigenvalue weighted by Gasteiger charge is 2.03. The van der Waals surface area contributed by atoms with Gasteiger partial charge in [0.1, 0.15) is 0 Å². The van der Waals surface area contributed by atoms with E-state index < -0.39 is 5.97 Å². The number of aliphatic carboxylic acids is 1. The molecule has 0 spiro atoms. The molecule has 4 heteroatoms. The summed E-state index contributed by atoms with van der Waals surface area (Å²) in [6, 6.07) is 14.5. The molecule has 0 radical (unpaired) electrons. The first-order valence-electron chi connectivity index (χ1n) is 7.61. The normalized spacial score (nSPS) is 10.5. The predicted octanol–water partition coefficient (Wildman–Crippen LogP) is 3.14. The molecule has 0 heterocycles. The Kier molecular flexibility index (Phi) is 5.95. The van der Waals surface area contributed by atoms with E-state index in [1.807, 2.05) is 12.1 Å². The van der Waals surface area contributed by atoms with Crippen LogP contribution in [0.4, 0.5) is 0 Å². The van der Waals surface area contributed by atoms with Gasteiger partial charge in [0.2, 0.25) is 5.91 Å². The summed E-state index contributed by atoms with van der Waals surface area (Å²) < 4.78 is 0. The van der Waals surface area contributed by atoms with E-state index in [0.717, 1.165) is 6.42 Å². The summed E-state index contributed by atoms with van der Waals surface area (Å²) >= 11 is 0. The first-order valence-corrected chi connectivity index (χ1v) is 7.61. The van der Waals surface area contributed by atoms with Crippen molar-refractivity contribution in [2.24, 2.45) is 0 Å². The zero-order valence-electron chi connectivity index (χ0n) is 12.5. The molecule has 0 aliphatic rings. The maximum Gasteiger partial charge on any atom is 0.303 e. The van der Waals surface area contributed by atoms with Crippen LogP contribution in [0.2, 0.25) is 0 Å². The van der Waals surface area contributed by atoms with Gasteiger partial charge in [0.25, 0.3) is 0 Å². The lowest BCUT2D eigenvalue weighted by Gasteiger charge is -2.06. The van der Waals surface area contributed by atoms with Crippen LogP contribution in [0.1, 0.15) is 31.2 Å². The smallest absolute Gasteiger partial charge is 0.303 e. The van der Waals surface area contributed by atoms with Crippen molar-refractivity contribution >= 4 is 22.6 Å². The Balaban J connectivity index is 1.70. The molecule has 0 fully saturated rings. The van der Waals surface area contributed by atoms with Crippen LogP contribution >= 0.6 is 0 Å². The number of fused-ring (bicyclic) bond motifs is 1. The van der Waals surface area contributed by atoms with Crippen LogP contribution < -0.4 is 5.32 Å². The Morgan fingerprint density at radius 1 is 0.955 bits per heavy atom. The molecule has 2 aromatic rings. The molecular weight excluding hydrogens is 278 g/mol. The van der Waals surface area contributed by atoms with Gasteiger partial charge in [-0.15, -0.1) is 0 Å². The van der Waals surface area contributed by atoms with E-state index >= 15 is 0 Å². The molecule has 2 rings (SSSR count). The van der Waals surface area contributed by atoms with E-state index in [9.17, 15) is 9.59 Å². The van der Waals surface area contributed by atoms with Gasteiger partial charge in [0, 0.05) is 19.4 Å². The number of carbonyl (C=O) groups excluding carboxylic acids is 1. The number of carbonyl (C=O) groups is 2. The maximum atomic E-state index is 11.6. The van der Waals surface area contributed by atoms with Crippen LogP contribution in [-0.4, -0.2) is 23.5 Å². The summed E-state index contributed by atoms with van der Waals surface area (Å²) in [5.41, 5.74) is 1.20. The molecule has 2 aromatic carbocycles. The predicted molar refractivity (Wildman–Crippen MR) is 86.8 cm³/mol. The number of hydrogen-bond donors (Lipinski definition) is 2. The average molecular weight is 299 g/mol. The lowest BCUT2D eigenvalue weighted by Crippen LogP contribution is -2.25. The number of nitrogens with one attached hydrogen (secondary N) is 1. The second-order valence-electron chi connectivity index (χ2n) is 5.38. The Labute approximate surface area is 130 Å². The van der Waals surface area contributed by atoms with Crippen molar-refractivity contribution in [2.75, 3.05) is 6.54 Å². The van der Waals surface area contributed by atoms with Crippen LogP contribution in [0.5, 0.6) is 0 Å². The summed E-state index contributed by atoms with van der Waals surface area (Å²) in [6.07, 6.45) is 2.49. The van der Waals surface area contributed by atoms with Crippen LogP contribution in [0.3, 0.4) is 0 Å². The van der Waals surface area contributed by atoms with Gasteiger partial charge >= 0.3 is 5.97 Å². The van der Waals surface area contributed by atoms with Crippen molar-refractivity contribution in [3.05, 3.63) is 48.0 Å². The molecule has 0 aliphatic carbocycles. The molecule has 22 heavy (non-hydrogen) atoms. The maximum absolute atomic E-state index is 11.6. The molecule has 116 valence electrons. The lowest BCUT2D eigenvalue weighted by atomic mass is 10.1. The first kappa shape index (κ1) is 16.0. The van der Waals surface area contributed by atoms with E-state index in [1.165, 1.54) is 16.3 Å². The van der Waals surface area contributed by atoms with Gasteiger partial charge in [-0.1, -0.05) is 42.5 Å². The van der Waals surface area contributed by atoms with Crippen molar-refractivity contribution < 1.29 is 14.7 Å². The van der Waals surface area contributed by atoms with E-state index in [0.29, 0.717) is 25.8 Å². The van der Waals surface area contributed by atoms with Gasteiger partial charge in [-0.3, -0.25) is 9.59 Å². The minimum Gasteiger partial charge on any atom is -0.481 e. The largest absolute Gasteiger partial charge is 0.481 e. The van der Waals surface area contributed by atoms with Gasteiger partial charge < -0.3 is 10.4 Å². The molecule has 1 amide bonds.